The zero-order valence-corrected chi connectivity index (χ0v) is 13.3. The molecule has 1 aromatic heterocycles. The fourth-order valence-electron chi connectivity index (χ4n) is 3.88. The number of aromatic nitrogens is 1. The van der Waals surface area contributed by atoms with Gasteiger partial charge < -0.3 is 10.2 Å². The van der Waals surface area contributed by atoms with E-state index in [-0.39, 0.29) is 0 Å². The van der Waals surface area contributed by atoms with Crippen molar-refractivity contribution >= 4 is 16.6 Å². The van der Waals surface area contributed by atoms with Gasteiger partial charge in [0.2, 0.25) is 5.95 Å². The molecule has 0 radical (unpaired) electrons. The van der Waals surface area contributed by atoms with Crippen LogP contribution in [0.25, 0.3) is 10.9 Å². The summed E-state index contributed by atoms with van der Waals surface area (Å²) in [6, 6.07) is 10.0. The Morgan fingerprint density at radius 3 is 2.57 bits per heavy atom. The van der Waals surface area contributed by atoms with Crippen molar-refractivity contribution in [1.82, 2.24) is 15.2 Å². The Morgan fingerprint density at radius 2 is 1.78 bits per heavy atom. The van der Waals surface area contributed by atoms with Gasteiger partial charge in [-0.1, -0.05) is 12.1 Å². The molecule has 0 atom stereocenters. The Balaban J connectivity index is 1.51. The van der Waals surface area contributed by atoms with Gasteiger partial charge in [-0.05, 0) is 31.0 Å². The molecule has 1 aromatic carbocycles. The molecule has 0 saturated carbocycles. The van der Waals surface area contributed by atoms with Crippen LogP contribution in [-0.2, 0) is 0 Å². The second-order valence-electron chi connectivity index (χ2n) is 6.49. The average molecular weight is 314 g/mol. The Bertz CT molecular complexity index is 676. The highest BCUT2D eigenvalue weighted by atomic mass is 19.1. The number of hydrogen-bond acceptors (Lipinski definition) is 4. The largest absolute Gasteiger partial charge is 0.370 e. The predicted molar refractivity (Wildman–Crippen MR) is 91.4 cm³/mol. The molecule has 0 aliphatic carbocycles. The summed E-state index contributed by atoms with van der Waals surface area (Å²) in [6.07, 6.45) is 2.34. The van der Waals surface area contributed by atoms with Crippen LogP contribution in [0.5, 0.6) is 0 Å². The van der Waals surface area contributed by atoms with E-state index in [1.807, 2.05) is 18.2 Å². The number of anilines is 1. The first kappa shape index (κ1) is 14.8. The van der Waals surface area contributed by atoms with Crippen molar-refractivity contribution in [1.29, 1.82) is 0 Å². The van der Waals surface area contributed by atoms with Gasteiger partial charge in [-0.3, -0.25) is 4.90 Å². The molecule has 4 rings (SSSR count). The third-order valence-corrected chi connectivity index (χ3v) is 5.14. The SMILES string of the molecule is Fc1ccc2cccc(N3CCC(N4CCNCC4)CC3)c2n1. The van der Waals surface area contributed by atoms with E-state index in [1.165, 1.54) is 18.9 Å². The van der Waals surface area contributed by atoms with Crippen molar-refractivity contribution in [2.45, 2.75) is 18.9 Å². The van der Waals surface area contributed by atoms with Gasteiger partial charge in [-0.25, -0.2) is 4.98 Å². The molecule has 2 aromatic rings. The topological polar surface area (TPSA) is 31.4 Å². The molecule has 0 unspecified atom stereocenters. The molecule has 4 nitrogen and oxygen atoms in total. The van der Waals surface area contributed by atoms with Crippen LogP contribution in [0.4, 0.5) is 10.1 Å². The Morgan fingerprint density at radius 1 is 1.00 bits per heavy atom. The van der Waals surface area contributed by atoms with E-state index >= 15 is 0 Å². The molecular weight excluding hydrogens is 291 g/mol. The molecule has 5 heteroatoms. The first-order chi connectivity index (χ1) is 11.3. The summed E-state index contributed by atoms with van der Waals surface area (Å²) in [4.78, 5) is 9.12. The molecule has 3 heterocycles. The normalized spacial score (nSPS) is 21.0. The summed E-state index contributed by atoms with van der Waals surface area (Å²) in [5.74, 6) is -0.402. The van der Waals surface area contributed by atoms with Gasteiger partial charge in [0.1, 0.15) is 0 Å². The van der Waals surface area contributed by atoms with Crippen molar-refractivity contribution in [2.75, 3.05) is 44.2 Å². The molecule has 0 spiro atoms. The number of hydrogen-bond donors (Lipinski definition) is 1. The lowest BCUT2D eigenvalue weighted by molar-refractivity contribution is 0.150. The molecule has 23 heavy (non-hydrogen) atoms. The summed E-state index contributed by atoms with van der Waals surface area (Å²) in [7, 11) is 0. The number of piperazine rings is 1. The third kappa shape index (κ3) is 3.03. The lowest BCUT2D eigenvalue weighted by Crippen LogP contribution is -2.52. The maximum Gasteiger partial charge on any atom is 0.213 e. The maximum absolute atomic E-state index is 13.5. The van der Waals surface area contributed by atoms with E-state index in [9.17, 15) is 4.39 Å². The number of nitrogens with zero attached hydrogens (tertiary/aromatic N) is 3. The van der Waals surface area contributed by atoms with Crippen molar-refractivity contribution in [3.63, 3.8) is 0 Å². The van der Waals surface area contributed by atoms with E-state index in [2.05, 4.69) is 26.2 Å². The highest BCUT2D eigenvalue weighted by Crippen LogP contribution is 2.29. The van der Waals surface area contributed by atoms with Crippen LogP contribution >= 0.6 is 0 Å². The third-order valence-electron chi connectivity index (χ3n) is 5.14. The second-order valence-corrected chi connectivity index (χ2v) is 6.49. The van der Waals surface area contributed by atoms with E-state index in [4.69, 9.17) is 0 Å². The number of piperidine rings is 1. The molecule has 0 bridgehead atoms. The van der Waals surface area contributed by atoms with Gasteiger partial charge in [0.05, 0.1) is 11.2 Å². The molecule has 0 amide bonds. The quantitative estimate of drug-likeness (QED) is 0.862. The number of nitrogens with one attached hydrogen (secondary N) is 1. The van der Waals surface area contributed by atoms with E-state index < -0.39 is 5.95 Å². The predicted octanol–water partition coefficient (Wildman–Crippen LogP) is 2.25. The smallest absolute Gasteiger partial charge is 0.213 e. The van der Waals surface area contributed by atoms with E-state index in [0.717, 1.165) is 55.9 Å². The number of rotatable bonds is 2. The zero-order valence-electron chi connectivity index (χ0n) is 13.3. The van der Waals surface area contributed by atoms with E-state index in [1.54, 1.807) is 0 Å². The number of halogens is 1. The van der Waals surface area contributed by atoms with Gasteiger partial charge in [-0.15, -0.1) is 0 Å². The molecular formula is C18H23FN4. The van der Waals surface area contributed by atoms with Crippen molar-refractivity contribution in [3.8, 4) is 0 Å². The van der Waals surface area contributed by atoms with Crippen LogP contribution in [-0.4, -0.2) is 55.2 Å². The fourth-order valence-corrected chi connectivity index (χ4v) is 3.88. The summed E-state index contributed by atoms with van der Waals surface area (Å²) in [5, 5.41) is 4.43. The van der Waals surface area contributed by atoms with Crippen LogP contribution in [0, 0.1) is 5.95 Å². The minimum absolute atomic E-state index is 0.402. The zero-order chi connectivity index (χ0) is 15.6. The standard InChI is InChI=1S/C18H23FN4/c19-17-5-4-14-2-1-3-16(18(14)21-17)23-10-6-15(7-11-23)22-12-8-20-9-13-22/h1-5,15,20H,6-13H2. The minimum atomic E-state index is -0.402. The highest BCUT2D eigenvalue weighted by Gasteiger charge is 2.26. The van der Waals surface area contributed by atoms with Gasteiger partial charge in [0.15, 0.2) is 0 Å². The van der Waals surface area contributed by atoms with Crippen LogP contribution in [0.1, 0.15) is 12.8 Å². The Hall–Kier alpha value is -1.72. The van der Waals surface area contributed by atoms with E-state index in [0.29, 0.717) is 6.04 Å². The van der Waals surface area contributed by atoms with Gasteiger partial charge in [-0.2, -0.15) is 4.39 Å². The molecule has 2 aliphatic heterocycles. The fraction of sp³-hybridized carbons (Fsp3) is 0.500. The highest BCUT2D eigenvalue weighted by molar-refractivity contribution is 5.90. The monoisotopic (exact) mass is 314 g/mol. The lowest BCUT2D eigenvalue weighted by Gasteiger charge is -2.41. The van der Waals surface area contributed by atoms with Crippen LogP contribution in [0.3, 0.4) is 0 Å². The molecule has 1 N–H and O–H groups in total. The Kier molecular flexibility index (Phi) is 4.14. The summed E-state index contributed by atoms with van der Waals surface area (Å²) in [5.41, 5.74) is 1.86. The second kappa shape index (κ2) is 6.42. The molecule has 2 saturated heterocycles. The number of fused-ring (bicyclic) bond motifs is 1. The summed E-state index contributed by atoms with van der Waals surface area (Å²) >= 11 is 0. The van der Waals surface area contributed by atoms with Gasteiger partial charge >= 0.3 is 0 Å². The van der Waals surface area contributed by atoms with Crippen LogP contribution < -0.4 is 10.2 Å². The maximum atomic E-state index is 13.5. The summed E-state index contributed by atoms with van der Waals surface area (Å²) in [6.45, 7) is 6.56. The summed E-state index contributed by atoms with van der Waals surface area (Å²) < 4.78 is 13.5. The lowest BCUT2D eigenvalue weighted by atomic mass is 10.0. The number of para-hydroxylation sites is 1. The van der Waals surface area contributed by atoms with Crippen LogP contribution in [0.15, 0.2) is 30.3 Å². The Labute approximate surface area is 136 Å². The van der Waals surface area contributed by atoms with Crippen LogP contribution in [0.2, 0.25) is 0 Å². The molecule has 2 fully saturated rings. The minimum Gasteiger partial charge on any atom is -0.370 e. The number of benzene rings is 1. The first-order valence-corrected chi connectivity index (χ1v) is 8.56. The first-order valence-electron chi connectivity index (χ1n) is 8.56. The van der Waals surface area contributed by atoms with Gasteiger partial charge in [0.25, 0.3) is 0 Å². The molecule has 122 valence electrons. The van der Waals surface area contributed by atoms with Gasteiger partial charge in [0, 0.05) is 50.7 Å². The van der Waals surface area contributed by atoms with Crippen molar-refractivity contribution < 1.29 is 4.39 Å². The molecule has 2 aliphatic rings. The number of pyridine rings is 1. The van der Waals surface area contributed by atoms with Crippen molar-refractivity contribution in [3.05, 3.63) is 36.3 Å². The average Bonchev–Trinajstić information content (AvgIpc) is 2.62. The van der Waals surface area contributed by atoms with Crippen molar-refractivity contribution in [2.24, 2.45) is 0 Å².